The molecule has 0 aliphatic carbocycles. The molecule has 8 nitrogen and oxygen atoms in total. The predicted octanol–water partition coefficient (Wildman–Crippen LogP) is 1.28. The molecule has 0 aliphatic rings. The average molecular weight is 415 g/mol. The molecule has 0 bridgehead atoms. The second-order valence-electron chi connectivity index (χ2n) is 5.97. The van der Waals surface area contributed by atoms with Gasteiger partial charge in [0.15, 0.2) is 0 Å². The molecule has 2 amide bonds. The molecule has 0 saturated carbocycles. The van der Waals surface area contributed by atoms with Crippen molar-refractivity contribution in [2.75, 3.05) is 24.9 Å². The number of methoxy groups -OCH3 is 1. The molecule has 9 heteroatoms. The first-order chi connectivity index (χ1) is 13.8. The quantitative estimate of drug-likeness (QED) is 0.562. The van der Waals surface area contributed by atoms with Crippen LogP contribution >= 0.6 is 0 Å². The lowest BCUT2D eigenvalue weighted by Crippen LogP contribution is -2.37. The highest BCUT2D eigenvalue weighted by molar-refractivity contribution is 7.92. The second-order valence-corrected chi connectivity index (χ2v) is 7.66. The van der Waals surface area contributed by atoms with Crippen molar-refractivity contribution in [2.45, 2.75) is 11.8 Å². The van der Waals surface area contributed by atoms with Crippen LogP contribution in [0.5, 0.6) is 5.75 Å². The largest absolute Gasteiger partial charge is 0.497 e. The van der Waals surface area contributed by atoms with Crippen LogP contribution in [0.3, 0.4) is 0 Å². The van der Waals surface area contributed by atoms with Crippen LogP contribution in [0.4, 0.5) is 5.69 Å². The van der Waals surface area contributed by atoms with Gasteiger partial charge in [0, 0.05) is 11.3 Å². The van der Waals surface area contributed by atoms with E-state index >= 15 is 0 Å². The summed E-state index contributed by atoms with van der Waals surface area (Å²) in [5.74, 6) is 1.83. The molecule has 2 aromatic rings. The molecule has 0 radical (unpaired) electrons. The van der Waals surface area contributed by atoms with Crippen LogP contribution in [-0.2, 0) is 14.8 Å². The normalized spacial score (nSPS) is 10.5. The zero-order valence-electron chi connectivity index (χ0n) is 16.0. The summed E-state index contributed by atoms with van der Waals surface area (Å²) in [7, 11) is -2.41. The van der Waals surface area contributed by atoms with Gasteiger partial charge in [0.05, 0.1) is 25.1 Å². The second kappa shape index (κ2) is 9.61. The number of anilines is 1. The fraction of sp³-hybridized carbons (Fsp3) is 0.200. The molecule has 0 saturated heterocycles. The summed E-state index contributed by atoms with van der Waals surface area (Å²) in [5, 5.41) is 4.86. The molecule has 0 aliphatic heterocycles. The topological polar surface area (TPSA) is 114 Å². The van der Waals surface area contributed by atoms with E-state index in [2.05, 4.69) is 21.3 Å². The van der Waals surface area contributed by atoms with Crippen molar-refractivity contribution in [3.63, 3.8) is 0 Å². The minimum atomic E-state index is -3.92. The number of rotatable bonds is 8. The maximum Gasteiger partial charge on any atom is 0.261 e. The number of hydrogen-bond acceptors (Lipinski definition) is 5. The number of ether oxygens (including phenoxy) is 1. The first-order valence-corrected chi connectivity index (χ1v) is 10.0. The number of aryl methyl sites for hydroxylation is 1. The zero-order valence-corrected chi connectivity index (χ0v) is 16.8. The van der Waals surface area contributed by atoms with Gasteiger partial charge in [-0.25, -0.2) is 8.42 Å². The lowest BCUT2D eigenvalue weighted by molar-refractivity contribution is -0.119. The fourth-order valence-electron chi connectivity index (χ4n) is 2.35. The van der Waals surface area contributed by atoms with Crippen molar-refractivity contribution in [1.29, 1.82) is 0 Å². The van der Waals surface area contributed by atoms with Crippen LogP contribution in [0.25, 0.3) is 0 Å². The number of hydrogen-bond donors (Lipinski definition) is 3. The molecule has 0 fully saturated rings. The highest BCUT2D eigenvalue weighted by Crippen LogP contribution is 2.21. The summed E-state index contributed by atoms with van der Waals surface area (Å²) in [4.78, 5) is 23.9. The first kappa shape index (κ1) is 21.8. The monoisotopic (exact) mass is 415 g/mol. The Bertz CT molecular complexity index is 1040. The number of terminal acetylenes is 1. The summed E-state index contributed by atoms with van der Waals surface area (Å²) in [6.45, 7) is 1.44. The summed E-state index contributed by atoms with van der Waals surface area (Å²) in [6, 6.07) is 10.6. The Morgan fingerprint density at radius 1 is 1.10 bits per heavy atom. The van der Waals surface area contributed by atoms with Crippen LogP contribution in [0.2, 0.25) is 0 Å². The molecule has 2 aromatic carbocycles. The van der Waals surface area contributed by atoms with Crippen molar-refractivity contribution < 1.29 is 22.7 Å². The van der Waals surface area contributed by atoms with Crippen molar-refractivity contribution >= 4 is 27.5 Å². The standard InChI is InChI=1S/C20H21N3O5S/c1-4-11-21-19(24)13-22-20(25)18-12-17(10-5-14(18)2)29(26,27)23-15-6-8-16(28-3)9-7-15/h1,5-10,12,23H,11,13H2,2-3H3,(H,21,24)(H,22,25). The third-order valence-corrected chi connectivity index (χ3v) is 5.28. The van der Waals surface area contributed by atoms with Crippen molar-refractivity contribution in [3.8, 4) is 18.1 Å². The van der Waals surface area contributed by atoms with Crippen molar-refractivity contribution in [3.05, 3.63) is 53.6 Å². The maximum absolute atomic E-state index is 12.7. The Morgan fingerprint density at radius 3 is 2.41 bits per heavy atom. The third-order valence-electron chi connectivity index (χ3n) is 3.90. The maximum atomic E-state index is 12.7. The van der Waals surface area contributed by atoms with Gasteiger partial charge >= 0.3 is 0 Å². The molecule has 0 heterocycles. The summed E-state index contributed by atoms with van der Waals surface area (Å²) in [6.07, 6.45) is 5.05. The van der Waals surface area contributed by atoms with Gasteiger partial charge in [-0.15, -0.1) is 6.42 Å². The minimum Gasteiger partial charge on any atom is -0.497 e. The lowest BCUT2D eigenvalue weighted by atomic mass is 10.1. The highest BCUT2D eigenvalue weighted by atomic mass is 32.2. The van der Waals surface area contributed by atoms with E-state index in [1.54, 1.807) is 31.2 Å². The van der Waals surface area contributed by atoms with Crippen molar-refractivity contribution in [1.82, 2.24) is 10.6 Å². The molecule has 0 atom stereocenters. The first-order valence-electron chi connectivity index (χ1n) is 8.52. The Morgan fingerprint density at radius 2 is 1.79 bits per heavy atom. The molecule has 0 spiro atoms. The van der Waals surface area contributed by atoms with Gasteiger partial charge in [-0.1, -0.05) is 12.0 Å². The van der Waals surface area contributed by atoms with Gasteiger partial charge in [0.2, 0.25) is 5.91 Å². The minimum absolute atomic E-state index is 0.0541. The van der Waals surface area contributed by atoms with Gasteiger partial charge < -0.3 is 15.4 Å². The van der Waals surface area contributed by atoms with Gasteiger partial charge in [-0.05, 0) is 48.9 Å². The van der Waals surface area contributed by atoms with E-state index in [1.165, 1.54) is 25.3 Å². The molecular formula is C20H21N3O5S. The predicted molar refractivity (Wildman–Crippen MR) is 109 cm³/mol. The van der Waals surface area contributed by atoms with Crippen LogP contribution in [0.15, 0.2) is 47.4 Å². The van der Waals surface area contributed by atoms with Crippen LogP contribution in [0.1, 0.15) is 15.9 Å². The number of sulfonamides is 1. The highest BCUT2D eigenvalue weighted by Gasteiger charge is 2.18. The van der Waals surface area contributed by atoms with Gasteiger partial charge in [0.1, 0.15) is 5.75 Å². The lowest BCUT2D eigenvalue weighted by Gasteiger charge is -2.12. The molecule has 3 N–H and O–H groups in total. The number of carbonyl (C=O) groups excluding carboxylic acids is 2. The number of carbonyl (C=O) groups is 2. The van der Waals surface area contributed by atoms with Crippen molar-refractivity contribution in [2.24, 2.45) is 0 Å². The van der Waals surface area contributed by atoms with Crippen LogP contribution in [-0.4, -0.2) is 40.4 Å². The molecule has 0 aromatic heterocycles. The van der Waals surface area contributed by atoms with E-state index in [0.29, 0.717) is 17.0 Å². The molecule has 152 valence electrons. The summed E-state index contributed by atoms with van der Waals surface area (Å²) in [5.41, 5.74) is 1.06. The smallest absolute Gasteiger partial charge is 0.261 e. The van der Waals surface area contributed by atoms with E-state index < -0.39 is 21.8 Å². The molecule has 29 heavy (non-hydrogen) atoms. The van der Waals surface area contributed by atoms with E-state index in [4.69, 9.17) is 11.2 Å². The average Bonchev–Trinajstić information content (AvgIpc) is 2.70. The van der Waals surface area contributed by atoms with Gasteiger partial charge in [0.25, 0.3) is 15.9 Å². The molecule has 0 unspecified atom stereocenters. The Kier molecular flexibility index (Phi) is 7.22. The number of benzene rings is 2. The third kappa shape index (κ3) is 5.99. The molecule has 2 rings (SSSR count). The number of nitrogens with one attached hydrogen (secondary N) is 3. The Labute approximate surface area is 169 Å². The van der Waals surface area contributed by atoms with Gasteiger partial charge in [-0.2, -0.15) is 0 Å². The summed E-state index contributed by atoms with van der Waals surface area (Å²) < 4.78 is 32.8. The van der Waals surface area contributed by atoms with E-state index in [9.17, 15) is 18.0 Å². The fourth-order valence-corrected chi connectivity index (χ4v) is 3.44. The van der Waals surface area contributed by atoms with Crippen LogP contribution < -0.4 is 20.1 Å². The SMILES string of the molecule is C#CCNC(=O)CNC(=O)c1cc(S(=O)(=O)Nc2ccc(OC)cc2)ccc1C. The Balaban J connectivity index is 2.16. The summed E-state index contributed by atoms with van der Waals surface area (Å²) >= 11 is 0. The van der Waals surface area contributed by atoms with E-state index in [0.717, 1.165) is 0 Å². The zero-order chi connectivity index (χ0) is 21.4. The molecular weight excluding hydrogens is 394 g/mol. The van der Waals surface area contributed by atoms with E-state index in [-0.39, 0.29) is 23.5 Å². The number of amides is 2. The van der Waals surface area contributed by atoms with Gasteiger partial charge in [-0.3, -0.25) is 14.3 Å². The van der Waals surface area contributed by atoms with Crippen LogP contribution in [0, 0.1) is 19.3 Å². The van der Waals surface area contributed by atoms with E-state index in [1.807, 2.05) is 0 Å². The Hall–Kier alpha value is -3.51.